The molecule has 120 valence electrons. The molecular weight excluding hydrogens is 294 g/mol. The van der Waals surface area contributed by atoms with Crippen molar-refractivity contribution in [3.05, 3.63) is 47.2 Å². The second-order valence-corrected chi connectivity index (χ2v) is 6.11. The summed E-state index contributed by atoms with van der Waals surface area (Å²) in [6.07, 6.45) is 8.74. The van der Waals surface area contributed by atoms with Gasteiger partial charge >= 0.3 is 5.69 Å². The Bertz CT molecular complexity index is 864. The van der Waals surface area contributed by atoms with Crippen LogP contribution in [0.5, 0.6) is 0 Å². The summed E-state index contributed by atoms with van der Waals surface area (Å²) < 4.78 is 8.61. The van der Waals surface area contributed by atoms with Crippen LogP contribution in [0.1, 0.15) is 24.4 Å². The zero-order chi connectivity index (χ0) is 15.8. The average Bonchev–Trinajstić information content (AvgIpc) is 3.16. The summed E-state index contributed by atoms with van der Waals surface area (Å²) >= 11 is 0. The van der Waals surface area contributed by atoms with E-state index in [9.17, 15) is 4.79 Å². The van der Waals surface area contributed by atoms with Crippen LogP contribution in [0.15, 0.2) is 40.3 Å². The highest BCUT2D eigenvalue weighted by Crippen LogP contribution is 2.24. The summed E-state index contributed by atoms with van der Waals surface area (Å²) in [6.45, 7) is 2.73. The van der Waals surface area contributed by atoms with Gasteiger partial charge in [-0.2, -0.15) is 0 Å². The molecule has 1 aliphatic rings. The lowest BCUT2D eigenvalue weighted by molar-refractivity contribution is 0.169. The van der Waals surface area contributed by atoms with Crippen molar-refractivity contribution >= 4 is 11.2 Å². The summed E-state index contributed by atoms with van der Waals surface area (Å²) in [5, 5.41) is 0. The Hall–Kier alpha value is -2.41. The second-order valence-electron chi connectivity index (χ2n) is 6.11. The van der Waals surface area contributed by atoms with E-state index in [0.717, 1.165) is 43.6 Å². The Kier molecular flexibility index (Phi) is 3.49. The molecule has 7 nitrogen and oxygen atoms in total. The van der Waals surface area contributed by atoms with Crippen LogP contribution in [0, 0.1) is 0 Å². The summed E-state index contributed by atoms with van der Waals surface area (Å²) in [7, 11) is 1.77. The van der Waals surface area contributed by atoms with E-state index in [1.807, 2.05) is 10.6 Å². The Morgan fingerprint density at radius 3 is 3.17 bits per heavy atom. The van der Waals surface area contributed by atoms with Gasteiger partial charge in [-0.05, 0) is 25.5 Å². The van der Waals surface area contributed by atoms with Crippen molar-refractivity contribution in [2.75, 3.05) is 13.1 Å². The maximum absolute atomic E-state index is 12.6. The van der Waals surface area contributed by atoms with Gasteiger partial charge in [0.1, 0.15) is 11.8 Å². The molecule has 0 radical (unpaired) electrons. The molecule has 0 saturated carbocycles. The van der Waals surface area contributed by atoms with Gasteiger partial charge < -0.3 is 4.42 Å². The molecular formula is C16H19N5O2. The predicted octanol–water partition coefficient (Wildman–Crippen LogP) is 1.56. The van der Waals surface area contributed by atoms with Crippen molar-refractivity contribution < 1.29 is 4.42 Å². The van der Waals surface area contributed by atoms with E-state index in [-0.39, 0.29) is 11.7 Å². The Morgan fingerprint density at radius 1 is 1.43 bits per heavy atom. The smallest absolute Gasteiger partial charge is 0.330 e. The predicted molar refractivity (Wildman–Crippen MR) is 85.0 cm³/mol. The number of aromatic nitrogens is 4. The normalized spacial score (nSPS) is 19.4. The minimum absolute atomic E-state index is 0.0179. The van der Waals surface area contributed by atoms with Crippen LogP contribution in [0.4, 0.5) is 0 Å². The van der Waals surface area contributed by atoms with Gasteiger partial charge in [-0.15, -0.1) is 0 Å². The fourth-order valence-corrected chi connectivity index (χ4v) is 3.45. The molecule has 0 N–H and O–H groups in total. The molecule has 0 aliphatic carbocycles. The lowest BCUT2D eigenvalue weighted by Crippen LogP contribution is -2.39. The van der Waals surface area contributed by atoms with Gasteiger partial charge in [-0.25, -0.2) is 14.8 Å². The van der Waals surface area contributed by atoms with Crippen LogP contribution in [-0.2, 0) is 13.6 Å². The molecule has 1 saturated heterocycles. The summed E-state index contributed by atoms with van der Waals surface area (Å²) in [6, 6.07) is 2.13. The van der Waals surface area contributed by atoms with Crippen molar-refractivity contribution in [1.82, 2.24) is 24.0 Å². The van der Waals surface area contributed by atoms with E-state index in [2.05, 4.69) is 14.9 Å². The first-order valence-electron chi connectivity index (χ1n) is 7.84. The van der Waals surface area contributed by atoms with Crippen molar-refractivity contribution in [1.29, 1.82) is 0 Å². The number of rotatable bonds is 3. The first kappa shape index (κ1) is 14.2. The number of imidazole rings is 1. The highest BCUT2D eigenvalue weighted by Gasteiger charge is 2.26. The molecule has 1 fully saturated rings. The highest BCUT2D eigenvalue weighted by molar-refractivity contribution is 5.70. The minimum Gasteiger partial charge on any atom is -0.472 e. The standard InChI is InChI=1S/C16H19N5O2/c1-19-14-7-17-11-18-15(14)21(16(19)22)13-3-2-5-20(9-13)8-12-4-6-23-10-12/h4,6-7,10-11,13H,2-3,5,8-9H2,1H3/t13-/m0/s1. The van der Waals surface area contributed by atoms with Gasteiger partial charge in [-0.3, -0.25) is 14.0 Å². The van der Waals surface area contributed by atoms with Gasteiger partial charge in [0.25, 0.3) is 0 Å². The molecule has 3 aromatic rings. The topological polar surface area (TPSA) is 69.1 Å². The molecule has 0 aromatic carbocycles. The molecule has 0 amide bonds. The van der Waals surface area contributed by atoms with Crippen molar-refractivity contribution in [2.24, 2.45) is 7.05 Å². The van der Waals surface area contributed by atoms with Crippen molar-refractivity contribution in [2.45, 2.75) is 25.4 Å². The summed E-state index contributed by atoms with van der Waals surface area (Å²) in [5.74, 6) is 0. The Morgan fingerprint density at radius 2 is 2.35 bits per heavy atom. The van der Waals surface area contributed by atoms with Crippen molar-refractivity contribution in [3.63, 3.8) is 0 Å². The van der Waals surface area contributed by atoms with E-state index >= 15 is 0 Å². The first-order valence-corrected chi connectivity index (χ1v) is 7.84. The molecule has 0 unspecified atom stereocenters. The van der Waals surface area contributed by atoms with E-state index in [1.165, 1.54) is 11.9 Å². The third-order valence-corrected chi connectivity index (χ3v) is 4.59. The maximum atomic E-state index is 12.6. The molecule has 1 aliphatic heterocycles. The van der Waals surface area contributed by atoms with Gasteiger partial charge in [0.05, 0.1) is 24.8 Å². The highest BCUT2D eigenvalue weighted by atomic mass is 16.3. The van der Waals surface area contributed by atoms with Crippen LogP contribution in [0.2, 0.25) is 0 Å². The fraction of sp³-hybridized carbons (Fsp3) is 0.438. The number of piperidine rings is 1. The number of hydrogen-bond donors (Lipinski definition) is 0. The van der Waals surface area contributed by atoms with Gasteiger partial charge in [-0.1, -0.05) is 0 Å². The third-order valence-electron chi connectivity index (χ3n) is 4.59. The van der Waals surface area contributed by atoms with E-state index in [1.54, 1.807) is 30.3 Å². The SMILES string of the molecule is Cn1c(=O)n([C@H]2CCCN(Cc3ccoc3)C2)c2ncncc21. The van der Waals surface area contributed by atoms with Crippen molar-refractivity contribution in [3.8, 4) is 0 Å². The molecule has 23 heavy (non-hydrogen) atoms. The second kappa shape index (κ2) is 5.66. The minimum atomic E-state index is -0.0179. The van der Waals surface area contributed by atoms with E-state index in [0.29, 0.717) is 0 Å². The molecule has 4 heterocycles. The number of nitrogens with zero attached hydrogens (tertiary/aromatic N) is 5. The first-order chi connectivity index (χ1) is 11.2. The zero-order valence-corrected chi connectivity index (χ0v) is 13.1. The van der Waals surface area contributed by atoms with E-state index in [4.69, 9.17) is 4.42 Å². The molecule has 0 spiro atoms. The molecule has 4 rings (SSSR count). The van der Waals surface area contributed by atoms with Crippen LogP contribution in [-0.4, -0.2) is 37.1 Å². The third kappa shape index (κ3) is 2.46. The monoisotopic (exact) mass is 313 g/mol. The maximum Gasteiger partial charge on any atom is 0.330 e. The van der Waals surface area contributed by atoms with Crippen LogP contribution >= 0.6 is 0 Å². The number of hydrogen-bond acceptors (Lipinski definition) is 5. The molecule has 1 atom stereocenters. The van der Waals surface area contributed by atoms with Gasteiger partial charge in [0.2, 0.25) is 0 Å². The zero-order valence-electron chi connectivity index (χ0n) is 13.1. The number of likely N-dealkylation sites (tertiary alicyclic amines) is 1. The molecule has 3 aromatic heterocycles. The lowest BCUT2D eigenvalue weighted by atomic mass is 10.0. The van der Waals surface area contributed by atoms with Crippen LogP contribution < -0.4 is 5.69 Å². The molecule has 7 heteroatoms. The van der Waals surface area contributed by atoms with Crippen LogP contribution in [0.3, 0.4) is 0 Å². The Labute approximate surface area is 133 Å². The quantitative estimate of drug-likeness (QED) is 0.734. The largest absolute Gasteiger partial charge is 0.472 e. The Balaban J connectivity index is 1.65. The lowest BCUT2D eigenvalue weighted by Gasteiger charge is -2.32. The van der Waals surface area contributed by atoms with Gasteiger partial charge in [0.15, 0.2) is 5.65 Å². The summed E-state index contributed by atoms with van der Waals surface area (Å²) in [4.78, 5) is 23.4. The summed E-state index contributed by atoms with van der Waals surface area (Å²) in [5.41, 5.74) is 2.65. The van der Waals surface area contributed by atoms with E-state index < -0.39 is 0 Å². The van der Waals surface area contributed by atoms with Gasteiger partial charge in [0, 0.05) is 25.7 Å². The average molecular weight is 313 g/mol. The number of fused-ring (bicyclic) bond motifs is 1. The number of furan rings is 1. The van der Waals surface area contributed by atoms with Crippen LogP contribution in [0.25, 0.3) is 11.2 Å². The number of aryl methyl sites for hydroxylation is 1. The fourth-order valence-electron chi connectivity index (χ4n) is 3.45. The molecule has 0 bridgehead atoms.